The van der Waals surface area contributed by atoms with E-state index in [4.69, 9.17) is 18.6 Å². The van der Waals surface area contributed by atoms with Gasteiger partial charge in [0, 0.05) is 14.1 Å². The molecule has 5 atom stereocenters. The number of hydrogen-bond acceptors (Lipinski definition) is 7. The highest BCUT2D eigenvalue weighted by atomic mass is 32.2. The summed E-state index contributed by atoms with van der Waals surface area (Å²) in [7, 11) is -0.0763. The Morgan fingerprint density at radius 1 is 1.03 bits per heavy atom. The number of rotatable bonds is 5. The molecule has 0 unspecified atom stereocenters. The lowest BCUT2D eigenvalue weighted by molar-refractivity contribution is -0.158. The highest BCUT2D eigenvalue weighted by molar-refractivity contribution is 8.14. The number of hydrogen-bond donors (Lipinski definition) is 1. The van der Waals surface area contributed by atoms with Crippen LogP contribution in [0.15, 0.2) is 4.99 Å². The third kappa shape index (κ3) is 5.53. The van der Waals surface area contributed by atoms with E-state index in [0.717, 1.165) is 5.17 Å². The molecule has 0 amide bonds. The molecule has 2 aliphatic rings. The molecular weight excluding hydrogens is 432 g/mol. The maximum atomic E-state index is 11.3. The molecule has 2 aliphatic heterocycles. The first-order chi connectivity index (χ1) is 13.4. The molecule has 0 aromatic rings. The van der Waals surface area contributed by atoms with Crippen molar-refractivity contribution in [3.05, 3.63) is 0 Å². The molecule has 2 rings (SSSR count). The van der Waals surface area contributed by atoms with Crippen molar-refractivity contribution in [1.82, 2.24) is 4.90 Å². The maximum absolute atomic E-state index is 11.3. The predicted molar refractivity (Wildman–Crippen MR) is 132 cm³/mol. The van der Waals surface area contributed by atoms with Crippen LogP contribution in [0.25, 0.3) is 0 Å². The lowest BCUT2D eigenvalue weighted by Crippen LogP contribution is -2.61. The van der Waals surface area contributed by atoms with Gasteiger partial charge in [-0.3, -0.25) is 4.99 Å². The fourth-order valence-electron chi connectivity index (χ4n) is 2.92. The minimum atomic E-state index is -2.10. The van der Waals surface area contributed by atoms with E-state index in [1.54, 1.807) is 11.8 Å². The van der Waals surface area contributed by atoms with Crippen LogP contribution in [0.1, 0.15) is 41.5 Å². The lowest BCUT2D eigenvalue weighted by Gasteiger charge is -2.47. The molecule has 0 saturated carbocycles. The average molecular weight is 477 g/mol. The minimum absolute atomic E-state index is 0.0491. The second-order valence-electron chi connectivity index (χ2n) is 11.9. The molecule has 0 aromatic carbocycles. The van der Waals surface area contributed by atoms with E-state index in [0.29, 0.717) is 6.61 Å². The van der Waals surface area contributed by atoms with Gasteiger partial charge >= 0.3 is 0 Å². The van der Waals surface area contributed by atoms with E-state index in [-0.39, 0.29) is 27.7 Å². The topological polar surface area (TPSA) is 63.5 Å². The normalized spacial score (nSPS) is 30.8. The van der Waals surface area contributed by atoms with Gasteiger partial charge in [-0.1, -0.05) is 53.3 Å². The zero-order chi connectivity index (χ0) is 23.3. The molecule has 176 valence electrons. The van der Waals surface area contributed by atoms with Gasteiger partial charge in [0.2, 0.25) is 0 Å². The van der Waals surface area contributed by atoms with Gasteiger partial charge in [0.15, 0.2) is 21.8 Å². The van der Waals surface area contributed by atoms with Gasteiger partial charge < -0.3 is 23.6 Å². The van der Waals surface area contributed by atoms with Gasteiger partial charge in [-0.25, -0.2) is 0 Å². The number of ether oxygens (including phenoxy) is 1. The quantitative estimate of drug-likeness (QED) is 0.589. The zero-order valence-corrected chi connectivity index (χ0v) is 23.9. The molecule has 6 nitrogen and oxygen atoms in total. The highest BCUT2D eigenvalue weighted by Crippen LogP contribution is 2.44. The van der Waals surface area contributed by atoms with Crippen molar-refractivity contribution in [3.63, 3.8) is 0 Å². The summed E-state index contributed by atoms with van der Waals surface area (Å²) in [6.45, 7) is 22.6. The molecule has 0 radical (unpaired) electrons. The summed E-state index contributed by atoms with van der Waals surface area (Å²) in [5.74, 6) is 0. The van der Waals surface area contributed by atoms with Crippen molar-refractivity contribution >= 4 is 33.6 Å². The van der Waals surface area contributed by atoms with Crippen LogP contribution in [0, 0.1) is 0 Å². The Hall–Kier alpha value is 0.0938. The smallest absolute Gasteiger partial charge is 0.192 e. The number of aliphatic hydroxyl groups is 1. The molecule has 2 heterocycles. The summed E-state index contributed by atoms with van der Waals surface area (Å²) in [6.07, 6.45) is -1.57. The molecule has 1 saturated heterocycles. The van der Waals surface area contributed by atoms with E-state index >= 15 is 0 Å². The number of aliphatic imine (C=N–C) groups is 1. The fraction of sp³-hybridized carbons (Fsp3) is 0.952. The summed E-state index contributed by atoms with van der Waals surface area (Å²) in [6, 6.07) is -0.208. The van der Waals surface area contributed by atoms with Crippen LogP contribution in [-0.4, -0.2) is 82.3 Å². The Morgan fingerprint density at radius 3 is 2.03 bits per heavy atom. The van der Waals surface area contributed by atoms with Crippen LogP contribution < -0.4 is 0 Å². The first kappa shape index (κ1) is 26.3. The Bertz CT molecular complexity index is 644. The maximum Gasteiger partial charge on any atom is 0.192 e. The number of nitrogens with zero attached hydrogens (tertiary/aromatic N) is 2. The van der Waals surface area contributed by atoms with Crippen molar-refractivity contribution in [2.45, 2.75) is 108 Å². The summed E-state index contributed by atoms with van der Waals surface area (Å²) in [5.41, 5.74) is -0.159. The second kappa shape index (κ2) is 8.80. The summed E-state index contributed by atoms with van der Waals surface area (Å²) in [4.78, 5) is 6.88. The number of fused-ring (bicyclic) bond motifs is 1. The summed E-state index contributed by atoms with van der Waals surface area (Å²) < 4.78 is 19.5. The van der Waals surface area contributed by atoms with Crippen LogP contribution >= 0.6 is 11.8 Å². The SMILES string of the molecule is CN(C)C1=N[C@@H]2[C@@H](O[Si](C)(C)C(C)(C)C)[C@@H](O)[C@@H](CO[Si](C)(C)C(C)(C)C)O[C@@H]2S1. The Labute approximate surface area is 190 Å². The first-order valence-corrected chi connectivity index (χ1v) is 17.6. The average Bonchev–Trinajstić information content (AvgIpc) is 2.98. The third-order valence-corrected chi connectivity index (χ3v) is 17.4. The lowest BCUT2D eigenvalue weighted by atomic mass is 9.99. The highest BCUT2D eigenvalue weighted by Gasteiger charge is 2.53. The minimum Gasteiger partial charge on any atom is -0.414 e. The molecule has 1 fully saturated rings. The molecule has 0 aliphatic carbocycles. The Balaban J connectivity index is 2.27. The van der Waals surface area contributed by atoms with Crippen LogP contribution in [0.5, 0.6) is 0 Å². The van der Waals surface area contributed by atoms with Gasteiger partial charge in [-0.15, -0.1) is 0 Å². The first-order valence-electron chi connectivity index (χ1n) is 10.9. The van der Waals surface area contributed by atoms with Gasteiger partial charge in [0.25, 0.3) is 0 Å². The van der Waals surface area contributed by atoms with Crippen molar-refractivity contribution in [1.29, 1.82) is 0 Å². The van der Waals surface area contributed by atoms with Crippen LogP contribution in [0.3, 0.4) is 0 Å². The molecule has 0 spiro atoms. The largest absolute Gasteiger partial charge is 0.414 e. The van der Waals surface area contributed by atoms with Crippen LogP contribution in [0.2, 0.25) is 36.3 Å². The van der Waals surface area contributed by atoms with E-state index in [1.807, 2.05) is 19.0 Å². The molecule has 0 bridgehead atoms. The molecule has 30 heavy (non-hydrogen) atoms. The molecule has 0 aromatic heterocycles. The predicted octanol–water partition coefficient (Wildman–Crippen LogP) is 4.52. The number of thioether (sulfide) groups is 1. The standard InChI is InChI=1S/C21H44N2O4SSi2/c1-20(2,3)29(9,10)25-13-14-16(24)17(27-30(11,12)21(4,5)6)15-18(26-14)28-19(22-15)23(7)8/h14-18,24H,13H2,1-12H3/t14-,15-,16+,17-,18-/m1/s1. The second-order valence-corrected chi connectivity index (χ2v) is 22.5. The van der Waals surface area contributed by atoms with Gasteiger partial charge in [0.05, 0.1) is 12.7 Å². The monoisotopic (exact) mass is 476 g/mol. The number of aliphatic hydroxyl groups excluding tert-OH is 1. The van der Waals surface area contributed by atoms with Gasteiger partial charge in [-0.05, 0) is 36.3 Å². The third-order valence-electron chi connectivity index (χ3n) is 7.16. The molecule has 1 N–H and O–H groups in total. The van der Waals surface area contributed by atoms with E-state index in [1.165, 1.54) is 0 Å². The van der Waals surface area contributed by atoms with Gasteiger partial charge in [0.1, 0.15) is 23.7 Å². The van der Waals surface area contributed by atoms with Crippen molar-refractivity contribution in [3.8, 4) is 0 Å². The molecular formula is C21H44N2O4SSi2. The van der Waals surface area contributed by atoms with Crippen molar-refractivity contribution in [2.75, 3.05) is 20.7 Å². The fourth-order valence-corrected chi connectivity index (χ4v) is 6.40. The molecule has 9 heteroatoms. The summed E-state index contributed by atoms with van der Waals surface area (Å²) in [5, 5.41) is 12.4. The van der Waals surface area contributed by atoms with Crippen molar-refractivity contribution < 1.29 is 18.7 Å². The number of amidine groups is 1. The zero-order valence-electron chi connectivity index (χ0n) is 21.1. The van der Waals surface area contributed by atoms with E-state index in [2.05, 4.69) is 67.7 Å². The summed E-state index contributed by atoms with van der Waals surface area (Å²) >= 11 is 1.62. The Kier molecular flexibility index (Phi) is 7.72. The van der Waals surface area contributed by atoms with E-state index < -0.39 is 28.8 Å². The van der Waals surface area contributed by atoms with E-state index in [9.17, 15) is 5.11 Å². The van der Waals surface area contributed by atoms with Crippen LogP contribution in [0.4, 0.5) is 0 Å². The van der Waals surface area contributed by atoms with Crippen LogP contribution in [-0.2, 0) is 13.6 Å². The van der Waals surface area contributed by atoms with Gasteiger partial charge in [-0.2, -0.15) is 0 Å². The van der Waals surface area contributed by atoms with Crippen molar-refractivity contribution in [2.24, 2.45) is 4.99 Å². The Morgan fingerprint density at radius 2 is 1.57 bits per heavy atom.